The van der Waals surface area contributed by atoms with Crippen LogP contribution in [0.1, 0.15) is 25.0 Å². The van der Waals surface area contributed by atoms with Gasteiger partial charge in [0.25, 0.3) is 0 Å². The summed E-state index contributed by atoms with van der Waals surface area (Å²) in [5, 5.41) is 12.2. The molecular weight excluding hydrogens is 523 g/mol. The average Bonchev–Trinajstić information content (AvgIpc) is 3.08. The van der Waals surface area contributed by atoms with Crippen molar-refractivity contribution >= 4 is 53.3 Å². The minimum atomic E-state index is 0. The fraction of sp³-hybridized carbons (Fsp3) is 0.526. The van der Waals surface area contributed by atoms with Gasteiger partial charge in [0.05, 0.1) is 13.1 Å². The van der Waals surface area contributed by atoms with Gasteiger partial charge in [0, 0.05) is 41.8 Å². The highest BCUT2D eigenvalue weighted by Crippen LogP contribution is 2.20. The van der Waals surface area contributed by atoms with Crippen LogP contribution in [0.3, 0.4) is 0 Å². The van der Waals surface area contributed by atoms with Crippen LogP contribution in [0, 0.1) is 0 Å². The molecule has 1 aliphatic rings. The van der Waals surface area contributed by atoms with E-state index in [1.54, 1.807) is 18.9 Å². The quantitative estimate of drug-likeness (QED) is 0.173. The number of rotatable bonds is 8. The predicted molar refractivity (Wildman–Crippen MR) is 130 cm³/mol. The zero-order valence-electron chi connectivity index (χ0n) is 16.7. The van der Waals surface area contributed by atoms with E-state index in [9.17, 15) is 0 Å². The van der Waals surface area contributed by atoms with E-state index in [4.69, 9.17) is 21.3 Å². The van der Waals surface area contributed by atoms with E-state index in [1.807, 2.05) is 28.9 Å². The van der Waals surface area contributed by atoms with E-state index in [0.29, 0.717) is 6.61 Å². The third-order valence-electron chi connectivity index (χ3n) is 4.30. The number of guanidine groups is 1. The van der Waals surface area contributed by atoms with Gasteiger partial charge in [0.15, 0.2) is 11.8 Å². The summed E-state index contributed by atoms with van der Waals surface area (Å²) >= 11 is 7.70. The maximum absolute atomic E-state index is 5.93. The Bertz CT molecular complexity index is 786. The van der Waals surface area contributed by atoms with Crippen molar-refractivity contribution in [3.8, 4) is 0 Å². The van der Waals surface area contributed by atoms with Crippen LogP contribution in [0.15, 0.2) is 34.2 Å². The molecule has 1 aromatic carbocycles. The summed E-state index contributed by atoms with van der Waals surface area (Å²) in [7, 11) is 1.66. The van der Waals surface area contributed by atoms with Crippen molar-refractivity contribution in [1.82, 2.24) is 25.4 Å². The smallest absolute Gasteiger partial charge is 0.191 e. The topological polar surface area (TPSA) is 76.4 Å². The van der Waals surface area contributed by atoms with Crippen LogP contribution in [0.2, 0.25) is 5.02 Å². The van der Waals surface area contributed by atoms with Crippen LogP contribution < -0.4 is 10.6 Å². The number of nitrogens with zero attached hydrogens (tertiary/aromatic N) is 4. The van der Waals surface area contributed by atoms with Crippen LogP contribution in [0.5, 0.6) is 0 Å². The summed E-state index contributed by atoms with van der Waals surface area (Å²) in [6.07, 6.45) is 1.91. The van der Waals surface area contributed by atoms with Crippen LogP contribution in [0.4, 0.5) is 0 Å². The number of aryl methyl sites for hydroxylation is 1. The lowest BCUT2D eigenvalue weighted by Crippen LogP contribution is -2.47. The second-order valence-electron chi connectivity index (χ2n) is 6.50. The molecule has 2 aromatic rings. The first-order valence-corrected chi connectivity index (χ1v) is 10.9. The second-order valence-corrected chi connectivity index (χ2v) is 8.11. The fourth-order valence-corrected chi connectivity index (χ4v) is 3.91. The molecule has 1 unspecified atom stereocenters. The number of methoxy groups -OCH3 is 1. The molecule has 2 heterocycles. The van der Waals surface area contributed by atoms with Gasteiger partial charge in [-0.2, -0.15) is 5.10 Å². The van der Waals surface area contributed by atoms with Crippen molar-refractivity contribution in [3.05, 3.63) is 40.9 Å². The highest BCUT2D eigenvalue weighted by atomic mass is 127. The molecule has 3 rings (SSSR count). The lowest BCUT2D eigenvalue weighted by atomic mass is 10.1. The number of nitrogens with one attached hydrogen (secondary N) is 2. The summed E-state index contributed by atoms with van der Waals surface area (Å²) < 4.78 is 7.11. The zero-order valence-corrected chi connectivity index (χ0v) is 20.6. The Labute approximate surface area is 198 Å². The molecule has 7 nitrogen and oxygen atoms in total. The molecule has 0 saturated heterocycles. The van der Waals surface area contributed by atoms with Crippen molar-refractivity contribution in [1.29, 1.82) is 0 Å². The standard InChI is InChI=1S/C19H27ClN6OS.HI/c1-3-21-19(22-10-11-28-16-7-4-14(20)5-8-16)23-15-6-9-18-24-17(13-27-2)25-26(18)12-15;/h4-5,7-8,15H,3,6,9-13H2,1-2H3,(H2,21,22,23);1H. The lowest BCUT2D eigenvalue weighted by Gasteiger charge is -2.25. The van der Waals surface area contributed by atoms with Crippen molar-refractivity contribution in [2.24, 2.45) is 4.99 Å². The first-order valence-electron chi connectivity index (χ1n) is 9.52. The summed E-state index contributed by atoms with van der Waals surface area (Å²) in [6.45, 7) is 4.88. The number of benzene rings is 1. The van der Waals surface area contributed by atoms with Crippen LogP contribution in [0.25, 0.3) is 0 Å². The van der Waals surface area contributed by atoms with Gasteiger partial charge in [0.2, 0.25) is 0 Å². The molecule has 10 heteroatoms. The molecule has 0 bridgehead atoms. The van der Waals surface area contributed by atoms with Gasteiger partial charge >= 0.3 is 0 Å². The Morgan fingerprint density at radius 3 is 2.90 bits per heavy atom. The maximum atomic E-state index is 5.93. The molecule has 1 aromatic heterocycles. The predicted octanol–water partition coefficient (Wildman–Crippen LogP) is 3.36. The van der Waals surface area contributed by atoms with Gasteiger partial charge in [-0.15, -0.1) is 35.7 Å². The molecule has 0 radical (unpaired) electrons. The maximum Gasteiger partial charge on any atom is 0.191 e. The molecular formula is C19H28ClIN6OS. The number of halogens is 2. The highest BCUT2D eigenvalue weighted by Gasteiger charge is 2.22. The average molecular weight is 551 g/mol. The van der Waals surface area contributed by atoms with E-state index < -0.39 is 0 Å². The van der Waals surface area contributed by atoms with Gasteiger partial charge < -0.3 is 15.4 Å². The highest BCUT2D eigenvalue weighted by molar-refractivity contribution is 14.0. The SMILES string of the molecule is CCNC(=NCCSc1ccc(Cl)cc1)NC1CCc2nc(COC)nn2C1.I. The number of ether oxygens (including phenoxy) is 1. The Hall–Kier alpha value is -1.04. The van der Waals surface area contributed by atoms with Crippen molar-refractivity contribution < 1.29 is 4.74 Å². The van der Waals surface area contributed by atoms with Gasteiger partial charge in [-0.1, -0.05) is 11.6 Å². The molecule has 0 aliphatic carbocycles. The number of hydrogen-bond acceptors (Lipinski definition) is 5. The Kier molecular flexibility index (Phi) is 10.5. The number of thioether (sulfide) groups is 1. The third-order valence-corrected chi connectivity index (χ3v) is 5.55. The molecule has 1 aliphatic heterocycles. The Morgan fingerprint density at radius 1 is 1.38 bits per heavy atom. The van der Waals surface area contributed by atoms with Gasteiger partial charge in [0.1, 0.15) is 12.4 Å². The van der Waals surface area contributed by atoms with Gasteiger partial charge in [-0.3, -0.25) is 4.99 Å². The summed E-state index contributed by atoms with van der Waals surface area (Å²) in [5.41, 5.74) is 0. The summed E-state index contributed by atoms with van der Waals surface area (Å²) in [6, 6.07) is 8.19. The second kappa shape index (κ2) is 12.6. The minimum Gasteiger partial charge on any atom is -0.377 e. The molecule has 0 spiro atoms. The largest absolute Gasteiger partial charge is 0.377 e. The Morgan fingerprint density at radius 2 is 2.17 bits per heavy atom. The lowest BCUT2D eigenvalue weighted by molar-refractivity contribution is 0.177. The zero-order chi connectivity index (χ0) is 19.8. The van der Waals surface area contributed by atoms with E-state index in [-0.39, 0.29) is 30.0 Å². The number of aliphatic imine (C=N–C) groups is 1. The minimum absolute atomic E-state index is 0. The van der Waals surface area contributed by atoms with E-state index >= 15 is 0 Å². The molecule has 2 N–H and O–H groups in total. The number of aromatic nitrogens is 3. The van der Waals surface area contributed by atoms with Crippen LogP contribution >= 0.6 is 47.3 Å². The molecule has 0 saturated carbocycles. The third kappa shape index (κ3) is 7.62. The van der Waals surface area contributed by atoms with Gasteiger partial charge in [-0.05, 0) is 37.6 Å². The van der Waals surface area contributed by atoms with Crippen molar-refractivity contribution in [3.63, 3.8) is 0 Å². The van der Waals surface area contributed by atoms with E-state index in [1.165, 1.54) is 4.90 Å². The van der Waals surface area contributed by atoms with Crippen LogP contribution in [-0.2, 0) is 24.3 Å². The fourth-order valence-electron chi connectivity index (χ4n) is 3.03. The molecule has 1 atom stereocenters. The molecule has 0 fully saturated rings. The number of hydrogen-bond donors (Lipinski definition) is 2. The Balaban J connectivity index is 0.00000300. The van der Waals surface area contributed by atoms with E-state index in [2.05, 4.69) is 27.6 Å². The van der Waals surface area contributed by atoms with Gasteiger partial charge in [-0.25, -0.2) is 9.67 Å². The molecule has 0 amide bonds. The monoisotopic (exact) mass is 550 g/mol. The van der Waals surface area contributed by atoms with Crippen molar-refractivity contribution in [2.75, 3.05) is 26.0 Å². The molecule has 160 valence electrons. The first kappa shape index (κ1) is 24.2. The summed E-state index contributed by atoms with van der Waals surface area (Å²) in [5.74, 6) is 3.55. The molecule has 29 heavy (non-hydrogen) atoms. The van der Waals surface area contributed by atoms with E-state index in [0.717, 1.165) is 60.9 Å². The van der Waals surface area contributed by atoms with Crippen molar-refractivity contribution in [2.45, 2.75) is 43.9 Å². The summed E-state index contributed by atoms with van der Waals surface area (Å²) in [4.78, 5) is 10.4. The van der Waals surface area contributed by atoms with Crippen LogP contribution in [-0.4, -0.2) is 52.7 Å². The normalized spacial score (nSPS) is 16.1. The number of fused-ring (bicyclic) bond motifs is 1. The first-order chi connectivity index (χ1) is 13.7.